The van der Waals surface area contributed by atoms with E-state index in [4.69, 9.17) is 0 Å². The molecule has 2 saturated carbocycles. The third-order valence-corrected chi connectivity index (χ3v) is 18.4. The largest absolute Gasteiger partial charge is 0.274 e. The van der Waals surface area contributed by atoms with Gasteiger partial charge in [-0.2, -0.15) is 0 Å². The fourth-order valence-corrected chi connectivity index (χ4v) is 12.7. The number of fused-ring (bicyclic) bond motifs is 2. The van der Waals surface area contributed by atoms with Crippen LogP contribution in [0.1, 0.15) is 25.7 Å². The Morgan fingerprint density at radius 1 is 0.400 bits per heavy atom. The maximum atomic E-state index is 13.6. The van der Waals surface area contributed by atoms with Crippen molar-refractivity contribution in [3.63, 3.8) is 0 Å². The van der Waals surface area contributed by atoms with Crippen LogP contribution in [0.25, 0.3) is 43.1 Å². The minimum absolute atomic E-state index is 0.125. The van der Waals surface area contributed by atoms with Gasteiger partial charge in [0, 0.05) is 40.2 Å². The van der Waals surface area contributed by atoms with Crippen LogP contribution >= 0.6 is 75.1 Å². The maximum absolute atomic E-state index is 13.6. The van der Waals surface area contributed by atoms with Crippen LogP contribution in [0.5, 0.6) is 0 Å². The van der Waals surface area contributed by atoms with Gasteiger partial charge < -0.3 is 0 Å². The number of carbonyl (C=O) groups is 4. The van der Waals surface area contributed by atoms with Crippen molar-refractivity contribution >= 4 is 110 Å². The van der Waals surface area contributed by atoms with E-state index < -0.39 is 0 Å². The van der Waals surface area contributed by atoms with E-state index in [0.717, 1.165) is 43.1 Å². The molecular weight excluding hydrogens is 972 g/mol. The Labute approximate surface area is 357 Å². The second-order valence-electron chi connectivity index (χ2n) is 14.8. The molecule has 4 amide bonds. The summed E-state index contributed by atoms with van der Waals surface area (Å²) in [5, 5.41) is 0. The number of alkyl halides is 4. The second kappa shape index (κ2) is 14.9. The number of carbonyl (C=O) groups excluding carboxylic acids is 4. The Morgan fingerprint density at radius 3 is 0.982 bits per heavy atom. The first-order chi connectivity index (χ1) is 26.6. The molecule has 4 fully saturated rings. The molecular formula is C44H34Br4N2O4S. The van der Waals surface area contributed by atoms with Crippen LogP contribution in [0.15, 0.2) is 109 Å². The predicted molar refractivity (Wildman–Crippen MR) is 234 cm³/mol. The lowest BCUT2D eigenvalue weighted by atomic mass is 9.81. The molecule has 2 saturated heterocycles. The van der Waals surface area contributed by atoms with E-state index in [9.17, 15) is 19.2 Å². The molecule has 3 heterocycles. The number of hydrogen-bond donors (Lipinski definition) is 0. The van der Waals surface area contributed by atoms with Gasteiger partial charge in [-0.25, -0.2) is 0 Å². The monoisotopic (exact) mass is 1000 g/mol. The average molecular weight is 1010 g/mol. The molecule has 55 heavy (non-hydrogen) atoms. The topological polar surface area (TPSA) is 74.8 Å². The van der Waals surface area contributed by atoms with E-state index >= 15 is 0 Å². The molecule has 6 nitrogen and oxygen atoms in total. The molecule has 0 radical (unpaired) electrons. The van der Waals surface area contributed by atoms with Gasteiger partial charge in [0.1, 0.15) is 0 Å². The van der Waals surface area contributed by atoms with Gasteiger partial charge in [0.2, 0.25) is 23.6 Å². The maximum Gasteiger partial charge on any atom is 0.237 e. The van der Waals surface area contributed by atoms with Crippen molar-refractivity contribution in [2.45, 2.75) is 45.0 Å². The molecule has 4 unspecified atom stereocenters. The number of benzene rings is 4. The van der Waals surface area contributed by atoms with Gasteiger partial charge in [0.05, 0.1) is 35.0 Å². The molecule has 0 bridgehead atoms. The van der Waals surface area contributed by atoms with Gasteiger partial charge in [0.15, 0.2) is 0 Å². The number of nitrogens with zero attached hydrogens (tertiary/aromatic N) is 2. The summed E-state index contributed by atoms with van der Waals surface area (Å²) in [7, 11) is 0. The van der Waals surface area contributed by atoms with Gasteiger partial charge in [-0.3, -0.25) is 29.0 Å². The zero-order valence-electron chi connectivity index (χ0n) is 29.3. The van der Waals surface area contributed by atoms with E-state index in [1.807, 2.05) is 84.9 Å². The Balaban J connectivity index is 1.12. The van der Waals surface area contributed by atoms with Crippen LogP contribution in [0.2, 0.25) is 0 Å². The van der Waals surface area contributed by atoms with E-state index in [0.29, 0.717) is 37.1 Å². The molecule has 0 spiro atoms. The smallest absolute Gasteiger partial charge is 0.237 e. The molecule has 4 aromatic carbocycles. The number of thiophene rings is 1. The zero-order chi connectivity index (χ0) is 38.1. The first-order valence-corrected chi connectivity index (χ1v) is 22.9. The average Bonchev–Trinajstić information content (AvgIpc) is 3.79. The summed E-state index contributed by atoms with van der Waals surface area (Å²) in [5.74, 6) is -1.76. The third kappa shape index (κ3) is 6.46. The highest BCUT2D eigenvalue weighted by atomic mass is 79.9. The Kier molecular flexibility index (Phi) is 10.1. The van der Waals surface area contributed by atoms with Crippen LogP contribution in [-0.2, 0) is 19.2 Å². The highest BCUT2D eigenvalue weighted by Crippen LogP contribution is 2.53. The van der Waals surface area contributed by atoms with Crippen LogP contribution in [-0.4, -0.2) is 42.9 Å². The van der Waals surface area contributed by atoms with Crippen molar-refractivity contribution in [2.75, 3.05) is 9.80 Å². The Bertz CT molecular complexity index is 2100. The molecule has 9 rings (SSSR count). The van der Waals surface area contributed by atoms with Crippen molar-refractivity contribution < 1.29 is 19.2 Å². The lowest BCUT2D eigenvalue weighted by Gasteiger charge is -2.29. The molecule has 8 atom stereocenters. The van der Waals surface area contributed by atoms with Gasteiger partial charge in [-0.1, -0.05) is 149 Å². The normalized spacial score (nSPS) is 27.8. The zero-order valence-corrected chi connectivity index (χ0v) is 36.4. The summed E-state index contributed by atoms with van der Waals surface area (Å²) in [4.78, 5) is 59.9. The lowest BCUT2D eigenvalue weighted by molar-refractivity contribution is -0.124. The fourth-order valence-electron chi connectivity index (χ4n) is 8.82. The summed E-state index contributed by atoms with van der Waals surface area (Å²) < 4.78 is 0. The molecule has 278 valence electrons. The molecule has 0 N–H and O–H groups in total. The molecule has 2 aliphatic carbocycles. The standard InChI is InChI=1S/C44H34Br4N2O4S/c45-33-19-29-30(20-34(33)46)42(52)49(41(29)51)27-15-11-25(12-16-27)39-37(23-7-3-1-4-8-23)38(24-9-5-2-6-10-24)40(55-39)26-13-17-28(18-14-26)50-43(53)31-21-35(47)36(48)22-32(31)44(50)54/h1-18,29-36H,19-22H2/t29?,30?,31?,32?,33-,34-,35-,36-/m0/s1. The number of hydrogen-bond acceptors (Lipinski definition) is 5. The Morgan fingerprint density at radius 2 is 0.691 bits per heavy atom. The first kappa shape index (κ1) is 37.4. The van der Waals surface area contributed by atoms with Gasteiger partial charge in [-0.15, -0.1) is 11.3 Å². The number of anilines is 2. The molecule has 2 aliphatic heterocycles. The minimum atomic E-state index is -0.316. The minimum Gasteiger partial charge on any atom is -0.274 e. The van der Waals surface area contributed by atoms with E-state index in [-0.39, 0.29) is 66.6 Å². The van der Waals surface area contributed by atoms with Gasteiger partial charge >= 0.3 is 0 Å². The summed E-state index contributed by atoms with van der Waals surface area (Å²) in [6.07, 6.45) is 2.51. The van der Waals surface area contributed by atoms with Crippen molar-refractivity contribution in [1.82, 2.24) is 0 Å². The van der Waals surface area contributed by atoms with Crippen molar-refractivity contribution in [1.29, 1.82) is 0 Å². The first-order valence-electron chi connectivity index (χ1n) is 18.4. The molecule has 11 heteroatoms. The number of amides is 4. The summed E-state index contributed by atoms with van der Waals surface area (Å²) >= 11 is 16.5. The van der Waals surface area contributed by atoms with Crippen molar-refractivity contribution in [2.24, 2.45) is 23.7 Å². The molecule has 4 aliphatic rings. The molecule has 1 aromatic heterocycles. The summed E-state index contributed by atoms with van der Waals surface area (Å²) in [6.45, 7) is 0. The lowest BCUT2D eigenvalue weighted by Crippen LogP contribution is -2.34. The predicted octanol–water partition coefficient (Wildman–Crippen LogP) is 11.3. The van der Waals surface area contributed by atoms with Crippen LogP contribution in [0, 0.1) is 23.7 Å². The van der Waals surface area contributed by atoms with E-state index in [1.54, 1.807) is 11.3 Å². The fraction of sp³-hybridized carbons (Fsp3) is 0.273. The van der Waals surface area contributed by atoms with Crippen molar-refractivity contribution in [3.8, 4) is 43.1 Å². The Hall–Kier alpha value is -3.22. The van der Waals surface area contributed by atoms with E-state index in [2.05, 4.69) is 88.0 Å². The molecule has 5 aromatic rings. The highest BCUT2D eigenvalue weighted by Gasteiger charge is 2.53. The van der Waals surface area contributed by atoms with Gasteiger partial charge in [-0.05, 0) is 72.2 Å². The highest BCUT2D eigenvalue weighted by molar-refractivity contribution is 9.12. The quantitative estimate of drug-likeness (QED) is 0.125. The van der Waals surface area contributed by atoms with Crippen LogP contribution in [0.3, 0.4) is 0 Å². The SMILES string of the molecule is O=C1C2C[C@H](Br)[C@@H](Br)CC2C(=O)N1c1ccc(-c2sc(-c3ccc(N4C(=O)C5C[C@H](Br)[C@@H](Br)CC5C4=O)cc3)c(-c3ccccc3)c2-c2ccccc2)cc1. The van der Waals surface area contributed by atoms with Crippen LogP contribution < -0.4 is 9.80 Å². The number of imide groups is 2. The summed E-state index contributed by atoms with van der Waals surface area (Å²) in [6, 6.07) is 36.3. The number of rotatable bonds is 6. The number of halogens is 4. The van der Waals surface area contributed by atoms with E-state index in [1.165, 1.54) is 9.80 Å². The van der Waals surface area contributed by atoms with Crippen LogP contribution in [0.4, 0.5) is 11.4 Å². The van der Waals surface area contributed by atoms with Crippen molar-refractivity contribution in [3.05, 3.63) is 109 Å². The van der Waals surface area contributed by atoms with Gasteiger partial charge in [0.25, 0.3) is 0 Å². The summed E-state index contributed by atoms with van der Waals surface area (Å²) in [5.41, 5.74) is 7.40. The second-order valence-corrected chi connectivity index (χ2v) is 20.5. The third-order valence-electron chi connectivity index (χ3n) is 11.6.